The zero-order valence-electron chi connectivity index (χ0n) is 22.3. The maximum Gasteiger partial charge on any atom is 0.362 e. The van der Waals surface area contributed by atoms with Crippen LogP contribution in [-0.2, 0) is 27.5 Å². The number of nitrogens with one attached hydrogen (secondary N) is 1. The van der Waals surface area contributed by atoms with Crippen molar-refractivity contribution in [2.75, 3.05) is 33.3 Å². The molecule has 0 unspecified atom stereocenters. The summed E-state index contributed by atoms with van der Waals surface area (Å²) in [6, 6.07) is 29.4. The van der Waals surface area contributed by atoms with Gasteiger partial charge in [-0.3, -0.25) is 0 Å². The van der Waals surface area contributed by atoms with Crippen LogP contribution in [0.15, 0.2) is 97.1 Å². The maximum atomic E-state index is 12.9. The summed E-state index contributed by atoms with van der Waals surface area (Å²) in [7, 11) is 3.03. The summed E-state index contributed by atoms with van der Waals surface area (Å²) in [4.78, 5) is 18.3. The van der Waals surface area contributed by atoms with Gasteiger partial charge in [0.25, 0.3) is 0 Å². The fourth-order valence-electron chi connectivity index (χ4n) is 3.55. The second kappa shape index (κ2) is 15.0. The lowest BCUT2D eigenvalue weighted by atomic mass is 10.2. The van der Waals surface area contributed by atoms with Crippen molar-refractivity contribution in [3.05, 3.63) is 114 Å². The van der Waals surface area contributed by atoms with Gasteiger partial charge in [0.05, 0.1) is 11.3 Å². The summed E-state index contributed by atoms with van der Waals surface area (Å²) in [5.74, 6) is 1.15. The first-order valence-corrected chi connectivity index (χ1v) is 12.5. The first kappa shape index (κ1) is 28.3. The van der Waals surface area contributed by atoms with Crippen molar-refractivity contribution in [1.82, 2.24) is 0 Å². The molecule has 0 aliphatic carbocycles. The molecular formula is C31H31NO8. The zero-order chi connectivity index (χ0) is 28.0. The molecular weight excluding hydrogens is 514 g/mol. The van der Waals surface area contributed by atoms with Gasteiger partial charge in [-0.15, -0.1) is 0 Å². The van der Waals surface area contributed by atoms with Crippen molar-refractivity contribution in [2.45, 2.75) is 13.2 Å². The lowest BCUT2D eigenvalue weighted by Gasteiger charge is -2.15. The molecule has 9 nitrogen and oxygen atoms in total. The van der Waals surface area contributed by atoms with Gasteiger partial charge in [0, 0.05) is 20.3 Å². The SMILES string of the molecule is COCOc1ccc(NOC(=O)c2ccc(OCc3ccccc3)c(OCc3ccccc3)c2)cc1OCOC. The Morgan fingerprint density at radius 2 is 1.12 bits per heavy atom. The minimum absolute atomic E-state index is 0.0109. The van der Waals surface area contributed by atoms with Gasteiger partial charge in [-0.1, -0.05) is 60.7 Å². The Hall–Kier alpha value is -4.73. The Morgan fingerprint density at radius 1 is 0.600 bits per heavy atom. The summed E-state index contributed by atoms with van der Waals surface area (Å²) >= 11 is 0. The van der Waals surface area contributed by atoms with Crippen molar-refractivity contribution >= 4 is 11.7 Å². The van der Waals surface area contributed by atoms with Crippen molar-refractivity contribution in [3.8, 4) is 23.0 Å². The van der Waals surface area contributed by atoms with Gasteiger partial charge in [0.15, 0.2) is 36.6 Å². The van der Waals surface area contributed by atoms with Gasteiger partial charge >= 0.3 is 5.97 Å². The normalized spacial score (nSPS) is 10.4. The van der Waals surface area contributed by atoms with Crippen molar-refractivity contribution < 1.29 is 38.1 Å². The van der Waals surface area contributed by atoms with Crippen LogP contribution in [0.2, 0.25) is 0 Å². The highest BCUT2D eigenvalue weighted by Crippen LogP contribution is 2.32. The van der Waals surface area contributed by atoms with Gasteiger partial charge < -0.3 is 33.3 Å². The van der Waals surface area contributed by atoms with Crippen molar-refractivity contribution in [2.24, 2.45) is 0 Å². The lowest BCUT2D eigenvalue weighted by Crippen LogP contribution is -2.12. The summed E-state index contributed by atoms with van der Waals surface area (Å²) in [5, 5.41) is 0. The predicted octanol–water partition coefficient (Wildman–Crippen LogP) is 5.99. The van der Waals surface area contributed by atoms with Crippen LogP contribution in [0, 0.1) is 0 Å². The molecule has 0 aliphatic rings. The van der Waals surface area contributed by atoms with E-state index in [1.165, 1.54) is 14.2 Å². The molecule has 0 atom stereocenters. The molecule has 0 amide bonds. The predicted molar refractivity (Wildman–Crippen MR) is 148 cm³/mol. The molecule has 40 heavy (non-hydrogen) atoms. The molecule has 4 aromatic rings. The summed E-state index contributed by atoms with van der Waals surface area (Å²) in [6.45, 7) is 0.717. The molecule has 0 aromatic heterocycles. The molecule has 4 aromatic carbocycles. The third-order valence-corrected chi connectivity index (χ3v) is 5.52. The Balaban J connectivity index is 1.46. The first-order valence-electron chi connectivity index (χ1n) is 12.5. The van der Waals surface area contributed by atoms with Crippen LogP contribution in [0.1, 0.15) is 21.5 Å². The molecule has 0 aliphatic heterocycles. The number of ether oxygens (including phenoxy) is 6. The standard InChI is InChI=1S/C31H31NO8/c1-34-21-38-28-16-14-26(18-30(28)39-22-35-2)32-40-31(33)25-13-15-27(36-19-23-9-5-3-6-10-23)29(17-25)37-20-24-11-7-4-8-12-24/h3-18,32H,19-22H2,1-2H3. The van der Waals surface area contributed by atoms with Crippen molar-refractivity contribution in [1.29, 1.82) is 0 Å². The average Bonchev–Trinajstić information content (AvgIpc) is 3.01. The zero-order valence-corrected chi connectivity index (χ0v) is 22.3. The molecule has 4 rings (SSSR count). The van der Waals surface area contributed by atoms with E-state index in [1.807, 2.05) is 60.7 Å². The Labute approximate surface area is 233 Å². The molecule has 1 N–H and O–H groups in total. The Bertz CT molecular complexity index is 1350. The number of benzene rings is 4. The fraction of sp³-hybridized carbons (Fsp3) is 0.194. The average molecular weight is 546 g/mol. The highest BCUT2D eigenvalue weighted by molar-refractivity contribution is 5.90. The van der Waals surface area contributed by atoms with E-state index in [1.54, 1.807) is 36.4 Å². The van der Waals surface area contributed by atoms with E-state index in [2.05, 4.69) is 5.48 Å². The van der Waals surface area contributed by atoms with E-state index in [9.17, 15) is 4.79 Å². The van der Waals surface area contributed by atoms with E-state index in [4.69, 9.17) is 33.3 Å². The number of hydrogen-bond donors (Lipinski definition) is 1. The second-order valence-electron chi connectivity index (χ2n) is 8.46. The number of hydrogen-bond acceptors (Lipinski definition) is 9. The van der Waals surface area contributed by atoms with Crippen LogP contribution >= 0.6 is 0 Å². The largest absolute Gasteiger partial charge is 0.485 e. The second-order valence-corrected chi connectivity index (χ2v) is 8.46. The monoisotopic (exact) mass is 545 g/mol. The minimum atomic E-state index is -0.613. The van der Waals surface area contributed by atoms with Gasteiger partial charge in [0.1, 0.15) is 13.2 Å². The van der Waals surface area contributed by atoms with Gasteiger partial charge in [0.2, 0.25) is 0 Å². The molecule has 0 saturated heterocycles. The van der Waals surface area contributed by atoms with Crippen LogP contribution in [0.5, 0.6) is 23.0 Å². The van der Waals surface area contributed by atoms with Crippen LogP contribution in [-0.4, -0.2) is 33.8 Å². The summed E-state index contributed by atoms with van der Waals surface area (Å²) < 4.78 is 33.1. The van der Waals surface area contributed by atoms with Crippen molar-refractivity contribution in [3.63, 3.8) is 0 Å². The lowest BCUT2D eigenvalue weighted by molar-refractivity contribution is 0.0322. The quantitative estimate of drug-likeness (QED) is 0.143. The molecule has 0 radical (unpaired) electrons. The molecule has 0 saturated carbocycles. The van der Waals surface area contributed by atoms with Crippen LogP contribution in [0.4, 0.5) is 5.69 Å². The molecule has 0 bridgehead atoms. The highest BCUT2D eigenvalue weighted by atomic mass is 16.7. The number of carbonyl (C=O) groups excluding carboxylic acids is 1. The number of rotatable bonds is 15. The third kappa shape index (κ3) is 8.39. The van der Waals surface area contributed by atoms with Crippen LogP contribution in [0.25, 0.3) is 0 Å². The molecule has 208 valence electrons. The molecule has 9 heteroatoms. The van der Waals surface area contributed by atoms with Gasteiger partial charge in [-0.05, 0) is 41.5 Å². The van der Waals surface area contributed by atoms with Gasteiger partial charge in [-0.25, -0.2) is 10.3 Å². The van der Waals surface area contributed by atoms with Crippen LogP contribution in [0.3, 0.4) is 0 Å². The number of methoxy groups -OCH3 is 2. The maximum absolute atomic E-state index is 12.9. The van der Waals surface area contributed by atoms with E-state index in [0.29, 0.717) is 41.9 Å². The Morgan fingerprint density at radius 3 is 1.75 bits per heavy atom. The molecule has 0 heterocycles. The molecule has 0 spiro atoms. The van der Waals surface area contributed by atoms with E-state index >= 15 is 0 Å². The van der Waals surface area contributed by atoms with Crippen LogP contribution < -0.4 is 24.4 Å². The fourth-order valence-corrected chi connectivity index (χ4v) is 3.55. The van der Waals surface area contributed by atoms with E-state index in [0.717, 1.165) is 11.1 Å². The van der Waals surface area contributed by atoms with E-state index in [-0.39, 0.29) is 19.1 Å². The Kier molecular flexibility index (Phi) is 10.6. The first-order chi connectivity index (χ1) is 19.7. The topological polar surface area (TPSA) is 93.7 Å². The molecule has 0 fully saturated rings. The smallest absolute Gasteiger partial charge is 0.362 e. The summed E-state index contributed by atoms with van der Waals surface area (Å²) in [6.07, 6.45) is 0. The number of anilines is 1. The number of carbonyl (C=O) groups is 1. The minimum Gasteiger partial charge on any atom is -0.485 e. The van der Waals surface area contributed by atoms with Gasteiger partial charge in [-0.2, -0.15) is 0 Å². The van der Waals surface area contributed by atoms with E-state index < -0.39 is 5.97 Å². The third-order valence-electron chi connectivity index (χ3n) is 5.52. The summed E-state index contributed by atoms with van der Waals surface area (Å²) in [5.41, 5.74) is 5.39. The highest BCUT2D eigenvalue weighted by Gasteiger charge is 2.15.